The van der Waals surface area contributed by atoms with Crippen LogP contribution in [0.15, 0.2) is 30.6 Å². The average molecular weight is 449 g/mol. The average Bonchev–Trinajstić information content (AvgIpc) is 3.44. The van der Waals surface area contributed by atoms with Crippen molar-refractivity contribution >= 4 is 23.1 Å². The summed E-state index contributed by atoms with van der Waals surface area (Å²) in [5.41, 5.74) is 7.77. The van der Waals surface area contributed by atoms with Crippen LogP contribution in [0.4, 0.5) is 19.0 Å². The molecule has 3 aromatic rings. The number of aliphatic hydroxyl groups is 1. The maximum Gasteiger partial charge on any atom is 0.430 e. The van der Waals surface area contributed by atoms with E-state index in [0.717, 1.165) is 30.0 Å². The lowest BCUT2D eigenvalue weighted by Gasteiger charge is -2.28. The van der Waals surface area contributed by atoms with E-state index in [1.54, 1.807) is 13.1 Å². The van der Waals surface area contributed by atoms with E-state index in [0.29, 0.717) is 22.1 Å². The molecule has 1 aliphatic rings. The molecule has 1 atom stereocenters. The van der Waals surface area contributed by atoms with Gasteiger partial charge in [-0.15, -0.1) is 11.3 Å². The summed E-state index contributed by atoms with van der Waals surface area (Å²) in [7, 11) is 0. The van der Waals surface area contributed by atoms with Gasteiger partial charge in [-0.1, -0.05) is 12.1 Å². The zero-order valence-electron chi connectivity index (χ0n) is 16.3. The van der Waals surface area contributed by atoms with Crippen molar-refractivity contribution in [2.75, 3.05) is 5.73 Å². The summed E-state index contributed by atoms with van der Waals surface area (Å²) < 4.78 is 40.5. The molecule has 0 radical (unpaired) electrons. The van der Waals surface area contributed by atoms with Crippen molar-refractivity contribution in [3.8, 4) is 21.8 Å². The van der Waals surface area contributed by atoms with Gasteiger partial charge >= 0.3 is 6.18 Å². The summed E-state index contributed by atoms with van der Waals surface area (Å²) in [5, 5.41) is 11.1. The second-order valence-electron chi connectivity index (χ2n) is 7.43. The molecule has 1 amide bonds. The number of amides is 1. The number of hydrogen-bond acceptors (Lipinski definition) is 7. The van der Waals surface area contributed by atoms with Gasteiger partial charge in [0, 0.05) is 23.2 Å². The van der Waals surface area contributed by atoms with Crippen LogP contribution in [-0.4, -0.2) is 32.1 Å². The van der Waals surface area contributed by atoms with E-state index in [1.165, 1.54) is 23.6 Å². The van der Waals surface area contributed by atoms with Gasteiger partial charge in [-0.25, -0.2) is 15.0 Å². The standard InChI is InChI=1S/C20H18F3N5O2S/c1-9-2-5-11(19(30,18(25)29)20(21,22)23)6-12(9)13-7-26-16(24)15(28-13)14-8-27-17(31-14)10-3-4-10/h2,5-8,10,30H,3-4H2,1H3,(H2,24,26)(H2,25,29). The molecule has 7 nitrogen and oxygen atoms in total. The van der Waals surface area contributed by atoms with E-state index in [2.05, 4.69) is 15.0 Å². The van der Waals surface area contributed by atoms with Crippen LogP contribution < -0.4 is 11.5 Å². The molecule has 2 aromatic heterocycles. The van der Waals surface area contributed by atoms with Gasteiger partial charge in [-0.05, 0) is 31.4 Å². The lowest BCUT2D eigenvalue weighted by atomic mass is 9.89. The van der Waals surface area contributed by atoms with Crippen LogP contribution in [0.3, 0.4) is 0 Å². The molecule has 1 aliphatic carbocycles. The summed E-state index contributed by atoms with van der Waals surface area (Å²) in [6, 6.07) is 3.40. The van der Waals surface area contributed by atoms with Gasteiger partial charge in [-0.3, -0.25) is 4.79 Å². The number of nitrogen functional groups attached to an aromatic ring is 1. The van der Waals surface area contributed by atoms with Gasteiger partial charge in [0.05, 0.1) is 21.8 Å². The molecule has 1 aromatic carbocycles. The predicted molar refractivity (Wildman–Crippen MR) is 109 cm³/mol. The Kier molecular flexibility index (Phi) is 4.97. The summed E-state index contributed by atoms with van der Waals surface area (Å²) in [6.07, 6.45) is -0.151. The summed E-state index contributed by atoms with van der Waals surface area (Å²) in [6.45, 7) is 1.66. The quantitative estimate of drug-likeness (QED) is 0.549. The molecule has 0 bridgehead atoms. The van der Waals surface area contributed by atoms with Crippen LogP contribution in [0.2, 0.25) is 0 Å². The molecule has 0 saturated heterocycles. The summed E-state index contributed by atoms with van der Waals surface area (Å²) in [5.74, 6) is -1.31. The number of nitrogens with zero attached hydrogens (tertiary/aromatic N) is 3. The van der Waals surface area contributed by atoms with E-state index < -0.39 is 23.2 Å². The fourth-order valence-corrected chi connectivity index (χ4v) is 4.28. The molecule has 2 heterocycles. The van der Waals surface area contributed by atoms with E-state index in [4.69, 9.17) is 11.5 Å². The predicted octanol–water partition coefficient (Wildman–Crippen LogP) is 3.27. The molecular weight excluding hydrogens is 431 g/mol. The van der Waals surface area contributed by atoms with Gasteiger partial charge in [-0.2, -0.15) is 13.2 Å². The molecule has 31 heavy (non-hydrogen) atoms. The molecule has 5 N–H and O–H groups in total. The highest BCUT2D eigenvalue weighted by atomic mass is 32.1. The second kappa shape index (κ2) is 7.27. The Morgan fingerprint density at radius 2 is 1.94 bits per heavy atom. The lowest BCUT2D eigenvalue weighted by molar-refractivity contribution is -0.255. The Hall–Kier alpha value is -3.05. The number of hydrogen-bond donors (Lipinski definition) is 3. The zero-order chi connectivity index (χ0) is 22.6. The maximum absolute atomic E-state index is 13.5. The fraction of sp³-hybridized carbons (Fsp3) is 0.300. The molecule has 162 valence electrons. The SMILES string of the molecule is Cc1ccc(C(O)(C(N)=O)C(F)(F)F)cc1-c1cnc(N)c(-c2cnc(C3CC3)s2)n1. The van der Waals surface area contributed by atoms with E-state index in [1.807, 2.05) is 0 Å². The first-order valence-electron chi connectivity index (χ1n) is 9.31. The number of rotatable bonds is 5. The van der Waals surface area contributed by atoms with Gasteiger partial charge < -0.3 is 16.6 Å². The lowest BCUT2D eigenvalue weighted by Crippen LogP contribution is -2.52. The monoisotopic (exact) mass is 449 g/mol. The Bertz CT molecular complexity index is 1180. The van der Waals surface area contributed by atoms with Crippen LogP contribution in [0.5, 0.6) is 0 Å². The highest BCUT2D eigenvalue weighted by molar-refractivity contribution is 7.15. The van der Waals surface area contributed by atoms with Crippen molar-refractivity contribution in [1.82, 2.24) is 15.0 Å². The zero-order valence-corrected chi connectivity index (χ0v) is 17.1. The highest BCUT2D eigenvalue weighted by Crippen LogP contribution is 2.44. The van der Waals surface area contributed by atoms with Crippen LogP contribution >= 0.6 is 11.3 Å². The van der Waals surface area contributed by atoms with Crippen LogP contribution in [-0.2, 0) is 10.4 Å². The van der Waals surface area contributed by atoms with Crippen LogP contribution in [0.25, 0.3) is 21.8 Å². The van der Waals surface area contributed by atoms with Crippen LogP contribution in [0.1, 0.15) is 34.9 Å². The smallest absolute Gasteiger partial charge is 0.382 e. The Morgan fingerprint density at radius 3 is 2.55 bits per heavy atom. The summed E-state index contributed by atoms with van der Waals surface area (Å²) >= 11 is 1.45. The first-order chi connectivity index (χ1) is 14.5. The number of halogens is 3. The number of carbonyl (C=O) groups excluding carboxylic acids is 1. The van der Waals surface area contributed by atoms with Gasteiger partial charge in [0.25, 0.3) is 11.5 Å². The van der Waals surface area contributed by atoms with E-state index in [9.17, 15) is 23.1 Å². The minimum atomic E-state index is -5.30. The fourth-order valence-electron chi connectivity index (χ4n) is 3.19. The molecule has 0 aliphatic heterocycles. The number of nitrogens with two attached hydrogens (primary N) is 2. The Morgan fingerprint density at radius 1 is 1.23 bits per heavy atom. The third kappa shape index (κ3) is 3.63. The normalized spacial score (nSPS) is 16.2. The first kappa shape index (κ1) is 21.2. The molecule has 1 saturated carbocycles. The third-order valence-corrected chi connectivity index (χ3v) is 6.35. The number of thiazole rings is 1. The minimum absolute atomic E-state index is 0.160. The molecule has 11 heteroatoms. The van der Waals surface area contributed by atoms with Crippen molar-refractivity contribution < 1.29 is 23.1 Å². The number of carbonyl (C=O) groups is 1. The van der Waals surface area contributed by atoms with Crippen molar-refractivity contribution in [3.63, 3.8) is 0 Å². The number of aryl methyl sites for hydroxylation is 1. The minimum Gasteiger partial charge on any atom is -0.382 e. The first-order valence-corrected chi connectivity index (χ1v) is 10.1. The van der Waals surface area contributed by atoms with Gasteiger partial charge in [0.1, 0.15) is 5.69 Å². The number of aromatic nitrogens is 3. The van der Waals surface area contributed by atoms with Crippen molar-refractivity contribution in [3.05, 3.63) is 46.7 Å². The van der Waals surface area contributed by atoms with E-state index in [-0.39, 0.29) is 17.1 Å². The maximum atomic E-state index is 13.5. The van der Waals surface area contributed by atoms with Gasteiger partial charge in [0.15, 0.2) is 5.82 Å². The van der Waals surface area contributed by atoms with Crippen molar-refractivity contribution in [2.45, 2.75) is 37.5 Å². The molecule has 1 fully saturated rings. The Labute approximate surface area is 179 Å². The van der Waals surface area contributed by atoms with Crippen LogP contribution in [0, 0.1) is 6.92 Å². The van der Waals surface area contributed by atoms with Crippen molar-refractivity contribution in [1.29, 1.82) is 0 Å². The number of benzene rings is 1. The Balaban J connectivity index is 1.81. The molecular formula is C20H18F3N5O2S. The number of alkyl halides is 3. The number of primary amides is 1. The molecule has 1 unspecified atom stereocenters. The third-order valence-electron chi connectivity index (χ3n) is 5.18. The summed E-state index contributed by atoms with van der Waals surface area (Å²) in [4.78, 5) is 25.3. The molecule has 0 spiro atoms. The largest absolute Gasteiger partial charge is 0.430 e. The van der Waals surface area contributed by atoms with Gasteiger partial charge in [0.2, 0.25) is 0 Å². The topological polar surface area (TPSA) is 128 Å². The number of anilines is 1. The highest BCUT2D eigenvalue weighted by Gasteiger charge is 2.60. The van der Waals surface area contributed by atoms with E-state index >= 15 is 0 Å². The van der Waals surface area contributed by atoms with Crippen molar-refractivity contribution in [2.24, 2.45) is 5.73 Å². The second-order valence-corrected chi connectivity index (χ2v) is 8.49. The molecule has 4 rings (SSSR count).